The molecule has 0 saturated carbocycles. The van der Waals surface area contributed by atoms with Gasteiger partial charge in [0.05, 0.1) is 17.9 Å². The third-order valence-electron chi connectivity index (χ3n) is 3.94. The number of benzene rings is 1. The molecule has 3 N–H and O–H groups in total. The largest absolute Gasteiger partial charge is 0.416 e. The van der Waals surface area contributed by atoms with E-state index in [4.69, 9.17) is 16.7 Å². The van der Waals surface area contributed by atoms with E-state index >= 15 is 0 Å². The van der Waals surface area contributed by atoms with Crippen molar-refractivity contribution >= 4 is 34.8 Å². The van der Waals surface area contributed by atoms with Crippen LogP contribution in [-0.2, 0) is 9.59 Å². The van der Waals surface area contributed by atoms with Crippen LogP contribution in [0.1, 0.15) is 19.3 Å². The lowest BCUT2D eigenvalue weighted by molar-refractivity contribution is -0.201. The van der Waals surface area contributed by atoms with Crippen molar-refractivity contribution in [2.24, 2.45) is 0 Å². The number of amides is 2. The van der Waals surface area contributed by atoms with Crippen molar-refractivity contribution in [2.45, 2.75) is 31.5 Å². The van der Waals surface area contributed by atoms with Gasteiger partial charge in [-0.1, -0.05) is 11.6 Å². The number of nitrogens with one attached hydrogen (secondary N) is 2. The SMILES string of the molecule is O=C(NC[C@H](O)C(F)(F)F)C(=O)Nc1cc(Cl)ccc1N1CCCCC1. The van der Waals surface area contributed by atoms with Crippen LogP contribution >= 0.6 is 11.6 Å². The summed E-state index contributed by atoms with van der Waals surface area (Å²) in [6.45, 7) is 0.466. The Morgan fingerprint density at radius 2 is 1.85 bits per heavy atom. The van der Waals surface area contributed by atoms with Crippen LogP contribution in [0.15, 0.2) is 18.2 Å². The molecule has 1 fully saturated rings. The van der Waals surface area contributed by atoms with E-state index < -0.39 is 30.6 Å². The molecule has 0 radical (unpaired) electrons. The normalized spacial score (nSPS) is 16.1. The van der Waals surface area contributed by atoms with Gasteiger partial charge in [0.25, 0.3) is 0 Å². The third kappa shape index (κ3) is 5.50. The van der Waals surface area contributed by atoms with Crippen molar-refractivity contribution in [3.05, 3.63) is 23.2 Å². The number of aliphatic hydroxyl groups is 1. The molecule has 2 amide bonds. The fraction of sp³-hybridized carbons (Fsp3) is 0.500. The maximum atomic E-state index is 12.2. The molecule has 1 aliphatic heterocycles. The molecule has 0 spiro atoms. The highest BCUT2D eigenvalue weighted by atomic mass is 35.5. The molecular weight excluding hydrogens is 375 g/mol. The number of rotatable bonds is 4. The summed E-state index contributed by atoms with van der Waals surface area (Å²) in [4.78, 5) is 25.7. The summed E-state index contributed by atoms with van der Waals surface area (Å²) in [5, 5.41) is 13.3. The highest BCUT2D eigenvalue weighted by Gasteiger charge is 2.38. The molecule has 1 heterocycles. The Labute approximate surface area is 153 Å². The molecule has 0 aliphatic carbocycles. The minimum absolute atomic E-state index is 0.302. The van der Waals surface area contributed by atoms with Crippen LogP contribution in [0.25, 0.3) is 0 Å². The lowest BCUT2D eigenvalue weighted by Gasteiger charge is -2.30. The Morgan fingerprint density at radius 3 is 2.46 bits per heavy atom. The number of carbonyl (C=O) groups excluding carboxylic acids is 2. The number of halogens is 4. The monoisotopic (exact) mass is 393 g/mol. The van der Waals surface area contributed by atoms with E-state index in [1.807, 2.05) is 4.90 Å². The topological polar surface area (TPSA) is 81.7 Å². The number of anilines is 2. The standard InChI is InChI=1S/C16H19ClF3N3O3/c17-10-4-5-12(23-6-2-1-3-7-23)11(8-10)22-15(26)14(25)21-9-13(24)16(18,19)20/h4-5,8,13,24H,1-3,6-7,9H2,(H,21,25)(H,22,26)/t13-/m0/s1. The second-order valence-electron chi connectivity index (χ2n) is 5.93. The van der Waals surface area contributed by atoms with E-state index in [2.05, 4.69) is 5.32 Å². The zero-order valence-corrected chi connectivity index (χ0v) is 14.5. The molecule has 1 aromatic rings. The zero-order valence-electron chi connectivity index (χ0n) is 13.8. The number of carbonyl (C=O) groups is 2. The number of alkyl halides is 3. The molecule has 0 aromatic heterocycles. The molecule has 1 atom stereocenters. The molecule has 2 rings (SSSR count). The lowest BCUT2D eigenvalue weighted by atomic mass is 10.1. The Hall–Kier alpha value is -2.00. The van der Waals surface area contributed by atoms with Crippen LogP contribution in [0.5, 0.6) is 0 Å². The highest BCUT2D eigenvalue weighted by Crippen LogP contribution is 2.31. The number of nitrogens with zero attached hydrogens (tertiary/aromatic N) is 1. The van der Waals surface area contributed by atoms with Gasteiger partial charge in [-0.05, 0) is 37.5 Å². The van der Waals surface area contributed by atoms with Crippen molar-refractivity contribution in [1.29, 1.82) is 0 Å². The van der Waals surface area contributed by atoms with Crippen molar-refractivity contribution in [3.8, 4) is 0 Å². The van der Waals surface area contributed by atoms with Gasteiger partial charge in [-0.3, -0.25) is 9.59 Å². The molecule has 1 aromatic carbocycles. The van der Waals surface area contributed by atoms with Crippen LogP contribution in [-0.4, -0.2) is 48.8 Å². The molecule has 144 valence electrons. The Kier molecular flexibility index (Phi) is 6.71. The van der Waals surface area contributed by atoms with Gasteiger partial charge < -0.3 is 20.6 Å². The Bertz CT molecular complexity index is 664. The van der Waals surface area contributed by atoms with Gasteiger partial charge >= 0.3 is 18.0 Å². The summed E-state index contributed by atoms with van der Waals surface area (Å²) in [6.07, 6.45) is -4.53. The van der Waals surface area contributed by atoms with Crippen molar-refractivity contribution in [3.63, 3.8) is 0 Å². The van der Waals surface area contributed by atoms with Gasteiger partial charge in [-0.25, -0.2) is 0 Å². The number of hydrogen-bond acceptors (Lipinski definition) is 4. The predicted octanol–water partition coefficient (Wildman–Crippen LogP) is 2.31. The second kappa shape index (κ2) is 8.59. The van der Waals surface area contributed by atoms with Crippen LogP contribution in [0, 0.1) is 0 Å². The second-order valence-corrected chi connectivity index (χ2v) is 6.37. The van der Waals surface area contributed by atoms with E-state index in [0.29, 0.717) is 16.4 Å². The minimum atomic E-state index is -4.88. The lowest BCUT2D eigenvalue weighted by Crippen LogP contribution is -2.44. The first-order chi connectivity index (χ1) is 12.2. The van der Waals surface area contributed by atoms with Gasteiger partial charge in [0.1, 0.15) is 0 Å². The fourth-order valence-electron chi connectivity index (χ4n) is 2.58. The maximum Gasteiger partial charge on any atom is 0.416 e. The molecule has 0 bridgehead atoms. The fourth-order valence-corrected chi connectivity index (χ4v) is 2.76. The summed E-state index contributed by atoms with van der Waals surface area (Å²) in [6, 6.07) is 4.84. The van der Waals surface area contributed by atoms with Crippen LogP contribution in [0.3, 0.4) is 0 Å². The smallest absolute Gasteiger partial charge is 0.382 e. The van der Waals surface area contributed by atoms with Crippen LogP contribution < -0.4 is 15.5 Å². The number of aliphatic hydroxyl groups excluding tert-OH is 1. The van der Waals surface area contributed by atoms with E-state index in [1.54, 1.807) is 17.4 Å². The van der Waals surface area contributed by atoms with Gasteiger partial charge in [-0.2, -0.15) is 13.2 Å². The molecular formula is C16H19ClF3N3O3. The van der Waals surface area contributed by atoms with Gasteiger partial charge in [0, 0.05) is 18.1 Å². The Morgan fingerprint density at radius 1 is 1.19 bits per heavy atom. The highest BCUT2D eigenvalue weighted by molar-refractivity contribution is 6.40. The average molecular weight is 394 g/mol. The number of piperidine rings is 1. The first-order valence-electron chi connectivity index (χ1n) is 8.07. The van der Waals surface area contributed by atoms with Crippen LogP contribution in [0.2, 0.25) is 5.02 Å². The summed E-state index contributed by atoms with van der Waals surface area (Å²) in [5.74, 6) is -2.42. The molecule has 26 heavy (non-hydrogen) atoms. The molecule has 1 saturated heterocycles. The van der Waals surface area contributed by atoms with Crippen LogP contribution in [0.4, 0.5) is 24.5 Å². The van der Waals surface area contributed by atoms with E-state index in [-0.39, 0.29) is 0 Å². The molecule has 0 unspecified atom stereocenters. The van der Waals surface area contributed by atoms with Gasteiger partial charge in [-0.15, -0.1) is 0 Å². The molecule has 10 heteroatoms. The Balaban J connectivity index is 2.03. The summed E-state index contributed by atoms with van der Waals surface area (Å²) in [5.41, 5.74) is 0.987. The molecule has 1 aliphatic rings. The van der Waals surface area contributed by atoms with Gasteiger partial charge in [0.15, 0.2) is 6.10 Å². The minimum Gasteiger partial charge on any atom is -0.382 e. The summed E-state index contributed by atoms with van der Waals surface area (Å²) < 4.78 is 36.7. The molecule has 6 nitrogen and oxygen atoms in total. The maximum absolute atomic E-state index is 12.2. The van der Waals surface area contributed by atoms with Gasteiger partial charge in [0.2, 0.25) is 0 Å². The van der Waals surface area contributed by atoms with E-state index in [9.17, 15) is 22.8 Å². The first-order valence-corrected chi connectivity index (χ1v) is 8.44. The van der Waals surface area contributed by atoms with Crippen molar-refractivity contribution < 1.29 is 27.9 Å². The van der Waals surface area contributed by atoms with Crippen molar-refractivity contribution in [1.82, 2.24) is 5.32 Å². The first kappa shape index (κ1) is 20.3. The summed E-state index contributed by atoms with van der Waals surface area (Å²) in [7, 11) is 0. The zero-order chi connectivity index (χ0) is 19.3. The van der Waals surface area contributed by atoms with E-state index in [0.717, 1.165) is 32.4 Å². The predicted molar refractivity (Wildman–Crippen MR) is 91.2 cm³/mol. The van der Waals surface area contributed by atoms with Crippen molar-refractivity contribution in [2.75, 3.05) is 29.9 Å². The third-order valence-corrected chi connectivity index (χ3v) is 4.18. The average Bonchev–Trinajstić information content (AvgIpc) is 2.59. The number of hydrogen-bond donors (Lipinski definition) is 3. The summed E-state index contributed by atoms with van der Waals surface area (Å²) >= 11 is 5.94. The van der Waals surface area contributed by atoms with E-state index in [1.165, 1.54) is 6.07 Å². The quantitative estimate of drug-likeness (QED) is 0.686.